The molecule has 2 bridgehead atoms. The van der Waals surface area contributed by atoms with Crippen LogP contribution >= 0.6 is 0 Å². The van der Waals surface area contributed by atoms with Gasteiger partial charge in [-0.3, -0.25) is 9.59 Å². The molecule has 25 heavy (non-hydrogen) atoms. The minimum atomic E-state index is -1.81. The van der Waals surface area contributed by atoms with Gasteiger partial charge in [-0.25, -0.2) is 0 Å². The molecule has 0 saturated carbocycles. The Morgan fingerprint density at radius 3 is 2.64 bits per heavy atom. The molecule has 3 fully saturated rings. The van der Waals surface area contributed by atoms with Crippen LogP contribution in [0.2, 0.25) is 0 Å². The Morgan fingerprint density at radius 1 is 1.32 bits per heavy atom. The molecular formula is C19H24O6. The zero-order valence-corrected chi connectivity index (χ0v) is 15.0. The molecule has 3 saturated heterocycles. The van der Waals surface area contributed by atoms with Crippen molar-refractivity contribution in [2.24, 2.45) is 17.3 Å². The summed E-state index contributed by atoms with van der Waals surface area (Å²) in [4.78, 5) is 25.3. The second-order valence-electron chi connectivity index (χ2n) is 8.34. The molecule has 0 unspecified atom stereocenters. The summed E-state index contributed by atoms with van der Waals surface area (Å²) >= 11 is 0. The average molecular weight is 348 g/mol. The van der Waals surface area contributed by atoms with Gasteiger partial charge in [0, 0.05) is 24.3 Å². The second-order valence-corrected chi connectivity index (χ2v) is 8.34. The van der Waals surface area contributed by atoms with Gasteiger partial charge in [-0.1, -0.05) is 13.5 Å². The molecule has 0 aromatic rings. The van der Waals surface area contributed by atoms with E-state index in [1.54, 1.807) is 26.8 Å². The second kappa shape index (κ2) is 4.74. The van der Waals surface area contributed by atoms with Crippen LogP contribution in [0.1, 0.15) is 40.5 Å². The van der Waals surface area contributed by atoms with E-state index in [1.807, 2.05) is 6.92 Å². The third-order valence-electron chi connectivity index (χ3n) is 6.55. The standard InChI is InChI=1S/C19H24O6/c1-9(2)19(22)18(5)15-12(23-16(18)21)6-10(3)11-7-14(20)17(4,24-11)8-13(15)25-19/h7,10,12-13,15,22H,1,6,8H2,2-5H3/t10-,12+,13-,15-,17+,18+,19+/m0/s1. The summed E-state index contributed by atoms with van der Waals surface area (Å²) in [5.41, 5.74) is -1.94. The maximum absolute atomic E-state index is 12.8. The lowest BCUT2D eigenvalue weighted by Crippen LogP contribution is -2.49. The van der Waals surface area contributed by atoms with Gasteiger partial charge in [-0.15, -0.1) is 0 Å². The summed E-state index contributed by atoms with van der Waals surface area (Å²) in [6.07, 6.45) is 1.37. The number of fused-ring (bicyclic) bond motifs is 2. The number of ether oxygens (including phenoxy) is 3. The molecular weight excluding hydrogens is 324 g/mol. The third-order valence-corrected chi connectivity index (χ3v) is 6.55. The first-order valence-corrected chi connectivity index (χ1v) is 8.75. The number of allylic oxidation sites excluding steroid dienone is 1. The summed E-state index contributed by atoms with van der Waals surface area (Å²) in [6.45, 7) is 10.8. The average Bonchev–Trinajstić information content (AvgIpc) is 3.03. The predicted molar refractivity (Wildman–Crippen MR) is 87.1 cm³/mol. The summed E-state index contributed by atoms with van der Waals surface area (Å²) in [5.74, 6) is -2.19. The van der Waals surface area contributed by atoms with Crippen molar-refractivity contribution in [2.75, 3.05) is 0 Å². The van der Waals surface area contributed by atoms with Crippen molar-refractivity contribution >= 4 is 11.8 Å². The van der Waals surface area contributed by atoms with Crippen molar-refractivity contribution in [3.8, 4) is 0 Å². The predicted octanol–water partition coefficient (Wildman–Crippen LogP) is 1.87. The Labute approximate surface area is 146 Å². The van der Waals surface area contributed by atoms with E-state index in [2.05, 4.69) is 6.58 Å². The zero-order chi connectivity index (χ0) is 18.4. The molecule has 4 aliphatic rings. The lowest BCUT2D eigenvalue weighted by molar-refractivity contribution is -0.220. The number of aliphatic hydroxyl groups is 1. The molecule has 0 aromatic heterocycles. The summed E-state index contributed by atoms with van der Waals surface area (Å²) in [6, 6.07) is 0. The van der Waals surface area contributed by atoms with E-state index in [9.17, 15) is 14.7 Å². The van der Waals surface area contributed by atoms with Gasteiger partial charge in [0.15, 0.2) is 5.60 Å². The Kier molecular flexibility index (Phi) is 3.18. The van der Waals surface area contributed by atoms with Crippen molar-refractivity contribution < 1.29 is 28.9 Å². The van der Waals surface area contributed by atoms with Crippen molar-refractivity contribution in [1.82, 2.24) is 0 Å². The smallest absolute Gasteiger partial charge is 0.318 e. The zero-order valence-electron chi connectivity index (χ0n) is 15.0. The maximum Gasteiger partial charge on any atom is 0.318 e. The van der Waals surface area contributed by atoms with E-state index >= 15 is 0 Å². The summed E-state index contributed by atoms with van der Waals surface area (Å²) < 4.78 is 17.7. The number of esters is 1. The van der Waals surface area contributed by atoms with Crippen molar-refractivity contribution in [3.63, 3.8) is 0 Å². The van der Waals surface area contributed by atoms with Crippen LogP contribution in [0, 0.1) is 17.3 Å². The lowest BCUT2D eigenvalue weighted by atomic mass is 9.67. The maximum atomic E-state index is 12.8. The topological polar surface area (TPSA) is 82.1 Å². The van der Waals surface area contributed by atoms with Gasteiger partial charge in [0.25, 0.3) is 0 Å². The van der Waals surface area contributed by atoms with E-state index in [1.165, 1.54) is 0 Å². The number of rotatable bonds is 1. The largest absolute Gasteiger partial charge is 0.483 e. The highest BCUT2D eigenvalue weighted by atomic mass is 16.7. The Hall–Kier alpha value is -1.66. The van der Waals surface area contributed by atoms with Gasteiger partial charge in [0.2, 0.25) is 11.6 Å². The van der Waals surface area contributed by atoms with Gasteiger partial charge in [0.1, 0.15) is 17.3 Å². The Balaban J connectivity index is 1.85. The molecule has 0 radical (unpaired) electrons. The molecule has 6 nitrogen and oxygen atoms in total. The van der Waals surface area contributed by atoms with Crippen LogP contribution in [0.25, 0.3) is 0 Å². The molecule has 4 rings (SSSR count). The highest BCUT2D eigenvalue weighted by Gasteiger charge is 2.74. The van der Waals surface area contributed by atoms with Gasteiger partial charge in [0.05, 0.1) is 6.10 Å². The molecule has 0 spiro atoms. The number of carbonyl (C=O) groups excluding carboxylic acids is 2. The van der Waals surface area contributed by atoms with E-state index in [-0.39, 0.29) is 24.0 Å². The molecule has 136 valence electrons. The summed E-state index contributed by atoms with van der Waals surface area (Å²) in [5, 5.41) is 11.2. The first-order valence-electron chi connectivity index (χ1n) is 8.75. The van der Waals surface area contributed by atoms with E-state index in [4.69, 9.17) is 14.2 Å². The fraction of sp³-hybridized carbons (Fsp3) is 0.684. The highest BCUT2D eigenvalue weighted by Crippen LogP contribution is 2.61. The Bertz CT molecular complexity index is 725. The molecule has 0 aliphatic carbocycles. The monoisotopic (exact) mass is 348 g/mol. The van der Waals surface area contributed by atoms with Crippen LogP contribution in [-0.2, 0) is 23.8 Å². The van der Waals surface area contributed by atoms with Crippen molar-refractivity contribution in [3.05, 3.63) is 24.0 Å². The van der Waals surface area contributed by atoms with Gasteiger partial charge in [-0.2, -0.15) is 0 Å². The van der Waals surface area contributed by atoms with Crippen LogP contribution < -0.4 is 0 Å². The van der Waals surface area contributed by atoms with Gasteiger partial charge in [-0.05, 0) is 32.8 Å². The third kappa shape index (κ3) is 1.87. The van der Waals surface area contributed by atoms with Crippen LogP contribution in [0.15, 0.2) is 24.0 Å². The molecule has 4 heterocycles. The van der Waals surface area contributed by atoms with E-state index in [0.29, 0.717) is 17.8 Å². The minimum Gasteiger partial charge on any atom is -0.483 e. The van der Waals surface area contributed by atoms with Crippen molar-refractivity contribution in [2.45, 2.75) is 64.1 Å². The molecule has 0 amide bonds. The van der Waals surface area contributed by atoms with Gasteiger partial charge < -0.3 is 19.3 Å². The number of ketones is 1. The quantitative estimate of drug-likeness (QED) is 0.575. The van der Waals surface area contributed by atoms with Crippen LogP contribution in [0.3, 0.4) is 0 Å². The molecule has 1 N–H and O–H groups in total. The molecule has 0 aromatic carbocycles. The van der Waals surface area contributed by atoms with Crippen molar-refractivity contribution in [1.29, 1.82) is 0 Å². The first kappa shape index (κ1) is 16.8. The molecule has 4 aliphatic heterocycles. The normalized spacial score (nSPS) is 51.0. The van der Waals surface area contributed by atoms with E-state index < -0.39 is 35.0 Å². The van der Waals surface area contributed by atoms with Crippen LogP contribution in [-0.4, -0.2) is 40.5 Å². The Morgan fingerprint density at radius 2 is 2.00 bits per heavy atom. The van der Waals surface area contributed by atoms with Crippen LogP contribution in [0.4, 0.5) is 0 Å². The number of hydrogen-bond donors (Lipinski definition) is 1. The number of carbonyl (C=O) groups is 2. The minimum absolute atomic E-state index is 0.0665. The SMILES string of the molecule is C=C(C)[C@@]1(O)O[C@H]2C[C@@]3(C)OC(=CC3=O)[C@@H](C)C[C@H]3OC(=O)[C@@]1(C)[C@H]23. The van der Waals surface area contributed by atoms with E-state index in [0.717, 1.165) is 0 Å². The highest BCUT2D eigenvalue weighted by molar-refractivity contribution is 5.99. The fourth-order valence-corrected chi connectivity index (χ4v) is 4.99. The summed E-state index contributed by atoms with van der Waals surface area (Å²) in [7, 11) is 0. The first-order chi connectivity index (χ1) is 11.5. The molecule has 6 heteroatoms. The fourth-order valence-electron chi connectivity index (χ4n) is 4.99. The van der Waals surface area contributed by atoms with Gasteiger partial charge >= 0.3 is 5.97 Å². The molecule has 7 atom stereocenters. The number of hydrogen-bond acceptors (Lipinski definition) is 6. The lowest BCUT2D eigenvalue weighted by Gasteiger charge is -2.34. The van der Waals surface area contributed by atoms with Crippen LogP contribution in [0.5, 0.6) is 0 Å².